The second-order valence-electron chi connectivity index (χ2n) is 7.64. The van der Waals surface area contributed by atoms with Crippen LogP contribution in [0.2, 0.25) is 0 Å². The number of furan rings is 1. The first-order chi connectivity index (χ1) is 16.1. The van der Waals surface area contributed by atoms with Crippen molar-refractivity contribution in [3.8, 4) is 0 Å². The number of nitrogens with one attached hydrogen (secondary N) is 1. The molecule has 0 aliphatic carbocycles. The number of amides is 2. The normalized spacial score (nSPS) is 13.8. The number of aromatic nitrogens is 2. The molecule has 9 nitrogen and oxygen atoms in total. The molecule has 166 valence electrons. The highest BCUT2D eigenvalue weighted by atomic mass is 16.3. The maximum atomic E-state index is 13.3. The minimum absolute atomic E-state index is 0.00465. The Morgan fingerprint density at radius 2 is 1.73 bits per heavy atom. The van der Waals surface area contributed by atoms with Crippen LogP contribution >= 0.6 is 0 Å². The third kappa shape index (κ3) is 3.96. The van der Waals surface area contributed by atoms with Crippen LogP contribution in [0.3, 0.4) is 0 Å². The van der Waals surface area contributed by atoms with Crippen LogP contribution in [-0.4, -0.2) is 52.3 Å². The smallest absolute Gasteiger partial charge is 0.291 e. The van der Waals surface area contributed by atoms with E-state index >= 15 is 0 Å². The van der Waals surface area contributed by atoms with Crippen LogP contribution in [0.15, 0.2) is 82.5 Å². The molecule has 1 aromatic carbocycles. The Hall–Kier alpha value is -4.40. The number of benzene rings is 1. The minimum atomic E-state index is -0.553. The summed E-state index contributed by atoms with van der Waals surface area (Å²) in [6, 6.07) is 16.5. The molecule has 1 aliphatic rings. The summed E-state index contributed by atoms with van der Waals surface area (Å²) in [5.74, 6) is -0.652. The van der Waals surface area contributed by atoms with Crippen LogP contribution in [0.5, 0.6) is 0 Å². The second-order valence-corrected chi connectivity index (χ2v) is 7.64. The summed E-state index contributed by atoms with van der Waals surface area (Å²) in [5, 5.41) is 2.51. The standard InChI is InChI=1S/C24H21N5O4/c30-22(20-9-5-15-33-20)26-19-16-25-21-18(8-4-10-29(21)24(19)32)23(31)28-13-11-27(12-14-28)17-6-2-1-3-7-17/h1-10,15-16H,11-14H2,(H,26,30). The number of pyridine rings is 1. The quantitative estimate of drug-likeness (QED) is 0.520. The fourth-order valence-electron chi connectivity index (χ4n) is 3.93. The largest absolute Gasteiger partial charge is 0.459 e. The van der Waals surface area contributed by atoms with E-state index in [1.54, 1.807) is 23.1 Å². The molecule has 3 aromatic heterocycles. The zero-order chi connectivity index (χ0) is 22.8. The number of fused-ring (bicyclic) bond motifs is 1. The fourth-order valence-corrected chi connectivity index (χ4v) is 3.93. The first-order valence-electron chi connectivity index (χ1n) is 10.6. The number of piperazine rings is 1. The van der Waals surface area contributed by atoms with E-state index in [1.807, 2.05) is 18.2 Å². The van der Waals surface area contributed by atoms with Crippen LogP contribution < -0.4 is 15.8 Å². The number of nitrogens with zero attached hydrogens (tertiary/aromatic N) is 4. The van der Waals surface area contributed by atoms with Crippen molar-refractivity contribution >= 4 is 28.8 Å². The molecule has 0 atom stereocenters. The number of carbonyl (C=O) groups is 2. The monoisotopic (exact) mass is 443 g/mol. The van der Waals surface area contributed by atoms with Gasteiger partial charge in [0, 0.05) is 38.1 Å². The van der Waals surface area contributed by atoms with Crippen molar-refractivity contribution in [2.75, 3.05) is 36.4 Å². The van der Waals surface area contributed by atoms with E-state index in [1.165, 1.54) is 29.1 Å². The predicted molar refractivity (Wildman–Crippen MR) is 123 cm³/mol. The van der Waals surface area contributed by atoms with Crippen LogP contribution in [0.1, 0.15) is 20.9 Å². The predicted octanol–water partition coefficient (Wildman–Crippen LogP) is 2.50. The van der Waals surface area contributed by atoms with Crippen molar-refractivity contribution < 1.29 is 14.0 Å². The van der Waals surface area contributed by atoms with Crippen LogP contribution in [0.25, 0.3) is 5.65 Å². The van der Waals surface area contributed by atoms with Gasteiger partial charge in [-0.25, -0.2) is 4.98 Å². The number of rotatable bonds is 4. The number of para-hydroxylation sites is 1. The number of carbonyl (C=O) groups excluding carboxylic acids is 2. The van der Waals surface area contributed by atoms with Crippen molar-refractivity contribution in [3.63, 3.8) is 0 Å². The van der Waals surface area contributed by atoms with Crippen molar-refractivity contribution in [1.82, 2.24) is 14.3 Å². The third-order valence-electron chi connectivity index (χ3n) is 5.64. The summed E-state index contributed by atoms with van der Waals surface area (Å²) < 4.78 is 6.32. The van der Waals surface area contributed by atoms with Crippen LogP contribution in [0, 0.1) is 0 Å². The topological polar surface area (TPSA) is 100 Å². The van der Waals surface area contributed by atoms with E-state index in [0.29, 0.717) is 18.7 Å². The molecular weight excluding hydrogens is 422 g/mol. The molecule has 33 heavy (non-hydrogen) atoms. The molecule has 1 fully saturated rings. The lowest BCUT2D eigenvalue weighted by atomic mass is 10.2. The molecule has 5 rings (SSSR count). The Balaban J connectivity index is 1.36. The highest BCUT2D eigenvalue weighted by molar-refractivity contribution is 6.02. The van der Waals surface area contributed by atoms with Crippen LogP contribution in [0.4, 0.5) is 11.4 Å². The van der Waals surface area contributed by atoms with Gasteiger partial charge in [-0.15, -0.1) is 0 Å². The Morgan fingerprint density at radius 1 is 0.939 bits per heavy atom. The molecule has 0 bridgehead atoms. The highest BCUT2D eigenvalue weighted by Crippen LogP contribution is 2.18. The average Bonchev–Trinajstić information content (AvgIpc) is 3.41. The first-order valence-corrected chi connectivity index (χ1v) is 10.6. The summed E-state index contributed by atoms with van der Waals surface area (Å²) in [6.07, 6.45) is 4.16. The van der Waals surface area contributed by atoms with Gasteiger partial charge >= 0.3 is 0 Å². The summed E-state index contributed by atoms with van der Waals surface area (Å²) in [7, 11) is 0. The van der Waals surface area contributed by atoms with Crippen molar-refractivity contribution in [1.29, 1.82) is 0 Å². The molecule has 9 heteroatoms. The highest BCUT2D eigenvalue weighted by Gasteiger charge is 2.24. The fraction of sp³-hybridized carbons (Fsp3) is 0.167. The average molecular weight is 443 g/mol. The first kappa shape index (κ1) is 20.5. The van der Waals surface area contributed by atoms with Gasteiger partial charge in [-0.05, 0) is 36.4 Å². The number of hydrogen-bond donors (Lipinski definition) is 1. The number of anilines is 2. The molecule has 0 radical (unpaired) electrons. The van der Waals surface area contributed by atoms with Gasteiger partial charge < -0.3 is 19.5 Å². The van der Waals surface area contributed by atoms with Gasteiger partial charge in [-0.2, -0.15) is 0 Å². The molecule has 2 amide bonds. The Bertz CT molecular complexity index is 1360. The van der Waals surface area contributed by atoms with Crippen molar-refractivity contribution in [2.24, 2.45) is 0 Å². The minimum Gasteiger partial charge on any atom is -0.459 e. The van der Waals surface area contributed by atoms with E-state index in [2.05, 4.69) is 27.3 Å². The Labute approximate surface area is 188 Å². The van der Waals surface area contributed by atoms with Gasteiger partial charge in [0.05, 0.1) is 18.0 Å². The summed E-state index contributed by atoms with van der Waals surface area (Å²) in [5.41, 5.74) is 1.23. The molecule has 4 aromatic rings. The molecule has 1 saturated heterocycles. The SMILES string of the molecule is O=C(Nc1cnc2c(C(=O)N3CCN(c4ccccc4)CC3)cccn2c1=O)c1ccco1. The second kappa shape index (κ2) is 8.62. The van der Waals surface area contributed by atoms with Gasteiger partial charge in [-0.3, -0.25) is 18.8 Å². The van der Waals surface area contributed by atoms with Gasteiger partial charge in [0.15, 0.2) is 11.4 Å². The lowest BCUT2D eigenvalue weighted by Crippen LogP contribution is -2.49. The maximum absolute atomic E-state index is 13.3. The zero-order valence-electron chi connectivity index (χ0n) is 17.7. The van der Waals surface area contributed by atoms with E-state index in [9.17, 15) is 14.4 Å². The third-order valence-corrected chi connectivity index (χ3v) is 5.64. The molecule has 1 aliphatic heterocycles. The molecule has 0 unspecified atom stereocenters. The van der Waals surface area contributed by atoms with E-state index in [0.717, 1.165) is 18.8 Å². The van der Waals surface area contributed by atoms with E-state index in [4.69, 9.17) is 4.42 Å². The van der Waals surface area contributed by atoms with Gasteiger partial charge in [-0.1, -0.05) is 18.2 Å². The lowest BCUT2D eigenvalue weighted by molar-refractivity contribution is 0.0748. The Morgan fingerprint density at radius 3 is 2.45 bits per heavy atom. The molecule has 1 N–H and O–H groups in total. The molecule has 0 saturated carbocycles. The summed E-state index contributed by atoms with van der Waals surface area (Å²) in [4.78, 5) is 46.7. The Kier molecular flexibility index (Phi) is 5.35. The zero-order valence-corrected chi connectivity index (χ0v) is 17.7. The van der Waals surface area contributed by atoms with E-state index in [-0.39, 0.29) is 23.0 Å². The van der Waals surface area contributed by atoms with Crippen LogP contribution in [-0.2, 0) is 0 Å². The van der Waals surface area contributed by atoms with Gasteiger partial charge in [0.2, 0.25) is 0 Å². The van der Waals surface area contributed by atoms with Gasteiger partial charge in [0.25, 0.3) is 17.4 Å². The molecule has 4 heterocycles. The molecular formula is C24H21N5O4. The maximum Gasteiger partial charge on any atom is 0.291 e. The summed E-state index contributed by atoms with van der Waals surface area (Å²) in [6.45, 7) is 2.57. The van der Waals surface area contributed by atoms with Crippen molar-refractivity contribution in [3.05, 3.63) is 94.9 Å². The molecule has 0 spiro atoms. The number of hydrogen-bond acceptors (Lipinski definition) is 6. The van der Waals surface area contributed by atoms with E-state index < -0.39 is 11.5 Å². The van der Waals surface area contributed by atoms with Crippen molar-refractivity contribution in [2.45, 2.75) is 0 Å². The summed E-state index contributed by atoms with van der Waals surface area (Å²) >= 11 is 0. The lowest BCUT2D eigenvalue weighted by Gasteiger charge is -2.36. The van der Waals surface area contributed by atoms with Gasteiger partial charge in [0.1, 0.15) is 5.69 Å².